The van der Waals surface area contributed by atoms with Gasteiger partial charge in [0.2, 0.25) is 0 Å². The van der Waals surface area contributed by atoms with E-state index in [1.165, 1.54) is 13.5 Å². The van der Waals surface area contributed by atoms with Crippen molar-refractivity contribution in [3.05, 3.63) is 34.0 Å². The van der Waals surface area contributed by atoms with E-state index in [1.807, 2.05) is 24.4 Å². The molecule has 3 rings (SSSR count). The Morgan fingerprint density at radius 2 is 2.16 bits per heavy atom. The van der Waals surface area contributed by atoms with Gasteiger partial charge >= 0.3 is 5.97 Å². The minimum Gasteiger partial charge on any atom is -0.469 e. The van der Waals surface area contributed by atoms with Crippen LogP contribution in [0.5, 0.6) is 0 Å². The van der Waals surface area contributed by atoms with E-state index >= 15 is 0 Å². The van der Waals surface area contributed by atoms with E-state index in [9.17, 15) is 4.79 Å². The molecule has 2 aromatic heterocycles. The molecular weight excluding hydrogens is 402 g/mol. The Balaban J connectivity index is 1.61. The number of halogens is 1. The number of carbonyl (C=O) groups excluding carboxylic acids is 1. The Hall–Kier alpha value is -1.31. The molecule has 134 valence electrons. The highest BCUT2D eigenvalue weighted by atomic mass is 79.9. The molecule has 7 heteroatoms. The van der Waals surface area contributed by atoms with Crippen LogP contribution in [-0.4, -0.2) is 29.6 Å². The van der Waals surface area contributed by atoms with Gasteiger partial charge in [-0.05, 0) is 40.9 Å². The first-order chi connectivity index (χ1) is 12.1. The lowest BCUT2D eigenvalue weighted by Crippen LogP contribution is -2.43. The number of pyridine rings is 1. The zero-order valence-corrected chi connectivity index (χ0v) is 16.7. The Kier molecular flexibility index (Phi) is 6.19. The van der Waals surface area contributed by atoms with Gasteiger partial charge in [-0.3, -0.25) is 4.79 Å². The number of carbonyl (C=O) groups is 1. The number of rotatable bonds is 6. The highest BCUT2D eigenvalue weighted by Crippen LogP contribution is 2.37. The molecule has 1 aliphatic carbocycles. The van der Waals surface area contributed by atoms with Gasteiger partial charge in [0.15, 0.2) is 0 Å². The quantitative estimate of drug-likeness (QED) is 0.557. The lowest BCUT2D eigenvalue weighted by atomic mass is 9.74. The number of hydrogen-bond donors (Lipinski definition) is 1. The maximum atomic E-state index is 12.3. The molecule has 2 aromatic rings. The van der Waals surface area contributed by atoms with Crippen molar-refractivity contribution in [3.8, 4) is 10.6 Å². The van der Waals surface area contributed by atoms with Crippen LogP contribution in [0.1, 0.15) is 37.1 Å². The topological polar surface area (TPSA) is 64.1 Å². The SMILES string of the molecule is COC(=O)C1(CNCc2ncc(-c3cccc(Br)n3)s2)CCCCC1. The summed E-state index contributed by atoms with van der Waals surface area (Å²) in [6, 6.07) is 5.85. The molecule has 2 heterocycles. The maximum absolute atomic E-state index is 12.3. The summed E-state index contributed by atoms with van der Waals surface area (Å²) in [5.74, 6) is -0.0853. The molecule has 1 N–H and O–H groups in total. The number of methoxy groups -OCH3 is 1. The molecule has 0 saturated heterocycles. The molecule has 0 unspecified atom stereocenters. The predicted octanol–water partition coefficient (Wildman–Crippen LogP) is 4.18. The van der Waals surface area contributed by atoms with E-state index < -0.39 is 0 Å². The molecule has 0 atom stereocenters. The van der Waals surface area contributed by atoms with Crippen molar-refractivity contribution < 1.29 is 9.53 Å². The number of hydrogen-bond acceptors (Lipinski definition) is 6. The minimum atomic E-state index is -0.376. The van der Waals surface area contributed by atoms with Gasteiger partial charge in [0, 0.05) is 19.3 Å². The maximum Gasteiger partial charge on any atom is 0.313 e. The van der Waals surface area contributed by atoms with Crippen LogP contribution in [0.3, 0.4) is 0 Å². The third-order valence-corrected chi connectivity index (χ3v) is 6.15. The third kappa shape index (κ3) is 4.46. The largest absolute Gasteiger partial charge is 0.469 e. The van der Waals surface area contributed by atoms with E-state index in [1.54, 1.807) is 11.3 Å². The Bertz CT molecular complexity index is 729. The van der Waals surface area contributed by atoms with Gasteiger partial charge in [-0.1, -0.05) is 25.3 Å². The number of nitrogens with one attached hydrogen (secondary N) is 1. The van der Waals surface area contributed by atoms with Gasteiger partial charge in [-0.15, -0.1) is 11.3 Å². The molecule has 0 spiro atoms. The van der Waals surface area contributed by atoms with E-state index in [0.29, 0.717) is 13.1 Å². The van der Waals surface area contributed by atoms with Gasteiger partial charge in [0.25, 0.3) is 0 Å². The van der Waals surface area contributed by atoms with Crippen molar-refractivity contribution in [1.29, 1.82) is 0 Å². The van der Waals surface area contributed by atoms with Gasteiger partial charge in [0.05, 0.1) is 23.1 Å². The highest BCUT2D eigenvalue weighted by Gasteiger charge is 2.40. The van der Waals surface area contributed by atoms with Crippen LogP contribution in [0.4, 0.5) is 0 Å². The standard InChI is InChI=1S/C18H22BrN3O2S/c1-24-17(23)18(8-3-2-4-9-18)12-20-11-16-21-10-14(25-16)13-6-5-7-15(19)22-13/h5-7,10,20H,2-4,8-9,11-12H2,1H3. The summed E-state index contributed by atoms with van der Waals surface area (Å²) in [6.07, 6.45) is 7.04. The Morgan fingerprint density at radius 3 is 2.88 bits per heavy atom. The summed E-state index contributed by atoms with van der Waals surface area (Å²) in [5, 5.41) is 4.41. The molecule has 25 heavy (non-hydrogen) atoms. The van der Waals surface area contributed by atoms with Crippen LogP contribution in [-0.2, 0) is 16.1 Å². The predicted molar refractivity (Wildman–Crippen MR) is 102 cm³/mol. The monoisotopic (exact) mass is 423 g/mol. The fraction of sp³-hybridized carbons (Fsp3) is 0.500. The summed E-state index contributed by atoms with van der Waals surface area (Å²) >= 11 is 5.02. The van der Waals surface area contributed by atoms with Crippen molar-refractivity contribution in [3.63, 3.8) is 0 Å². The Labute approximate surface area is 160 Å². The number of esters is 1. The van der Waals surface area contributed by atoms with Crippen molar-refractivity contribution in [1.82, 2.24) is 15.3 Å². The van der Waals surface area contributed by atoms with Crippen LogP contribution in [0.25, 0.3) is 10.6 Å². The fourth-order valence-electron chi connectivity index (χ4n) is 3.36. The van der Waals surface area contributed by atoms with E-state index in [0.717, 1.165) is 45.9 Å². The molecule has 0 aromatic carbocycles. The van der Waals surface area contributed by atoms with Gasteiger partial charge in [0.1, 0.15) is 9.61 Å². The molecular formula is C18H22BrN3O2S. The molecule has 5 nitrogen and oxygen atoms in total. The molecule has 0 aliphatic heterocycles. The second kappa shape index (κ2) is 8.38. The zero-order valence-electron chi connectivity index (χ0n) is 14.3. The molecule has 0 radical (unpaired) electrons. The number of aromatic nitrogens is 2. The second-order valence-electron chi connectivity index (χ2n) is 6.40. The number of nitrogens with zero attached hydrogens (tertiary/aromatic N) is 2. The normalized spacial score (nSPS) is 16.6. The summed E-state index contributed by atoms with van der Waals surface area (Å²) in [4.78, 5) is 22.2. The lowest BCUT2D eigenvalue weighted by molar-refractivity contribution is -0.154. The number of thiazole rings is 1. The molecule has 1 aliphatic rings. The summed E-state index contributed by atoms with van der Waals surface area (Å²) in [7, 11) is 1.48. The van der Waals surface area contributed by atoms with Crippen molar-refractivity contribution in [2.75, 3.05) is 13.7 Å². The van der Waals surface area contributed by atoms with E-state index in [4.69, 9.17) is 4.74 Å². The first-order valence-corrected chi connectivity index (χ1v) is 10.1. The minimum absolute atomic E-state index is 0.0853. The van der Waals surface area contributed by atoms with Gasteiger partial charge in [-0.2, -0.15) is 0 Å². The van der Waals surface area contributed by atoms with Gasteiger partial charge < -0.3 is 10.1 Å². The zero-order chi connectivity index (χ0) is 17.7. The van der Waals surface area contributed by atoms with Crippen LogP contribution in [0.2, 0.25) is 0 Å². The molecule has 0 amide bonds. The third-order valence-electron chi connectivity index (χ3n) is 4.69. The lowest BCUT2D eigenvalue weighted by Gasteiger charge is -2.34. The molecule has 0 bridgehead atoms. The average molecular weight is 424 g/mol. The van der Waals surface area contributed by atoms with Crippen molar-refractivity contribution in [2.45, 2.75) is 38.6 Å². The molecule has 1 saturated carbocycles. The summed E-state index contributed by atoms with van der Waals surface area (Å²) in [5.41, 5.74) is 0.537. The van der Waals surface area contributed by atoms with Crippen LogP contribution >= 0.6 is 27.3 Å². The Morgan fingerprint density at radius 1 is 1.36 bits per heavy atom. The summed E-state index contributed by atoms with van der Waals surface area (Å²) < 4.78 is 5.88. The second-order valence-corrected chi connectivity index (χ2v) is 8.33. The first kappa shape index (κ1) is 18.5. The van der Waals surface area contributed by atoms with Crippen LogP contribution in [0, 0.1) is 5.41 Å². The van der Waals surface area contributed by atoms with E-state index in [-0.39, 0.29) is 11.4 Å². The van der Waals surface area contributed by atoms with Crippen molar-refractivity contribution >= 4 is 33.2 Å². The fourth-order valence-corrected chi connectivity index (χ4v) is 4.56. The smallest absolute Gasteiger partial charge is 0.313 e. The van der Waals surface area contributed by atoms with Crippen LogP contribution < -0.4 is 5.32 Å². The van der Waals surface area contributed by atoms with Gasteiger partial charge in [-0.25, -0.2) is 9.97 Å². The first-order valence-electron chi connectivity index (χ1n) is 8.50. The average Bonchev–Trinajstić information content (AvgIpc) is 3.11. The number of ether oxygens (including phenoxy) is 1. The van der Waals surface area contributed by atoms with E-state index in [2.05, 4.69) is 31.2 Å². The highest BCUT2D eigenvalue weighted by molar-refractivity contribution is 9.10. The van der Waals surface area contributed by atoms with Crippen molar-refractivity contribution in [2.24, 2.45) is 5.41 Å². The molecule has 1 fully saturated rings. The summed E-state index contributed by atoms with van der Waals surface area (Å²) in [6.45, 7) is 1.29. The van der Waals surface area contributed by atoms with Crippen LogP contribution in [0.15, 0.2) is 29.0 Å².